The summed E-state index contributed by atoms with van der Waals surface area (Å²) in [6.07, 6.45) is 4.51. The van der Waals surface area contributed by atoms with Crippen LogP contribution in [0.15, 0.2) is 0 Å². The van der Waals surface area contributed by atoms with Gasteiger partial charge < -0.3 is 19.9 Å². The number of rotatable bonds is 10. The summed E-state index contributed by atoms with van der Waals surface area (Å²) in [5.41, 5.74) is 0. The second-order valence-corrected chi connectivity index (χ2v) is 5.61. The smallest absolute Gasteiger partial charge is 0.0597 e. The molecular formula is C16H37N3O. The van der Waals surface area contributed by atoms with Gasteiger partial charge in [-0.1, -0.05) is 20.8 Å². The quantitative estimate of drug-likeness (QED) is 0.623. The van der Waals surface area contributed by atoms with Crippen LogP contribution in [0.5, 0.6) is 0 Å². The van der Waals surface area contributed by atoms with Crippen LogP contribution in [0.2, 0.25) is 0 Å². The second-order valence-electron chi connectivity index (χ2n) is 5.61. The van der Waals surface area contributed by atoms with Gasteiger partial charge in [0, 0.05) is 19.6 Å². The molecule has 122 valence electrons. The van der Waals surface area contributed by atoms with Crippen molar-refractivity contribution in [3.8, 4) is 0 Å². The third-order valence-corrected chi connectivity index (χ3v) is 3.75. The Morgan fingerprint density at radius 3 is 2.10 bits per heavy atom. The van der Waals surface area contributed by atoms with Gasteiger partial charge >= 0.3 is 0 Å². The van der Waals surface area contributed by atoms with Crippen LogP contribution in [0.4, 0.5) is 0 Å². The van der Waals surface area contributed by atoms with Gasteiger partial charge in [0.15, 0.2) is 0 Å². The number of likely N-dealkylation sites (N-methyl/N-ethyl adjacent to an activating group) is 2. The minimum absolute atomic E-state index is 0.581. The Bertz CT molecular complexity index is 196. The van der Waals surface area contributed by atoms with Gasteiger partial charge in [0.05, 0.1) is 12.7 Å². The van der Waals surface area contributed by atoms with E-state index in [0.717, 1.165) is 45.9 Å². The van der Waals surface area contributed by atoms with Crippen molar-refractivity contribution in [3.05, 3.63) is 0 Å². The molecule has 1 N–H and O–H groups in total. The fourth-order valence-electron chi connectivity index (χ4n) is 1.73. The van der Waals surface area contributed by atoms with Crippen molar-refractivity contribution in [2.45, 2.75) is 46.1 Å². The number of nitrogens with zero attached hydrogens (tertiary/aromatic N) is 2. The Morgan fingerprint density at radius 1 is 1.05 bits per heavy atom. The van der Waals surface area contributed by atoms with Gasteiger partial charge in [-0.05, 0) is 53.0 Å². The Morgan fingerprint density at radius 2 is 1.70 bits per heavy atom. The van der Waals surface area contributed by atoms with E-state index in [1.807, 2.05) is 0 Å². The lowest BCUT2D eigenvalue weighted by Gasteiger charge is -2.27. The van der Waals surface area contributed by atoms with Crippen LogP contribution in [0.1, 0.15) is 40.0 Å². The van der Waals surface area contributed by atoms with Crippen LogP contribution in [0, 0.1) is 0 Å². The Labute approximate surface area is 126 Å². The van der Waals surface area contributed by atoms with Gasteiger partial charge in [0.25, 0.3) is 0 Å². The molecule has 0 amide bonds. The first-order valence-electron chi connectivity index (χ1n) is 8.33. The molecule has 1 saturated carbocycles. The van der Waals surface area contributed by atoms with Gasteiger partial charge in [0.1, 0.15) is 0 Å². The molecule has 0 bridgehead atoms. The van der Waals surface area contributed by atoms with Crippen molar-refractivity contribution in [1.29, 1.82) is 0 Å². The third kappa shape index (κ3) is 11.6. The molecule has 0 atom stereocenters. The first kappa shape index (κ1) is 19.8. The van der Waals surface area contributed by atoms with E-state index in [4.69, 9.17) is 4.74 Å². The van der Waals surface area contributed by atoms with Crippen LogP contribution in [0.3, 0.4) is 0 Å². The largest absolute Gasteiger partial charge is 0.377 e. The summed E-state index contributed by atoms with van der Waals surface area (Å²) in [6.45, 7) is 14.0. The maximum Gasteiger partial charge on any atom is 0.0597 e. The average Bonchev–Trinajstić information content (AvgIpc) is 2.40. The van der Waals surface area contributed by atoms with Crippen molar-refractivity contribution >= 4 is 0 Å². The highest BCUT2D eigenvalue weighted by molar-refractivity contribution is 4.69. The lowest BCUT2D eigenvalue weighted by atomic mass is 9.96. The van der Waals surface area contributed by atoms with Gasteiger partial charge in [-0.2, -0.15) is 0 Å². The van der Waals surface area contributed by atoms with Crippen LogP contribution < -0.4 is 5.32 Å². The van der Waals surface area contributed by atoms with Crippen LogP contribution in [-0.4, -0.2) is 75.9 Å². The summed E-state index contributed by atoms with van der Waals surface area (Å²) < 4.78 is 5.75. The molecule has 0 aromatic rings. The molecule has 0 aromatic heterocycles. The zero-order valence-electron chi connectivity index (χ0n) is 14.5. The highest BCUT2D eigenvalue weighted by atomic mass is 16.5. The van der Waals surface area contributed by atoms with Gasteiger partial charge in [0.2, 0.25) is 0 Å². The van der Waals surface area contributed by atoms with E-state index >= 15 is 0 Å². The average molecular weight is 287 g/mol. The van der Waals surface area contributed by atoms with E-state index in [2.05, 4.69) is 50.0 Å². The number of hydrogen-bond donors (Lipinski definition) is 1. The monoisotopic (exact) mass is 287 g/mol. The van der Waals surface area contributed by atoms with E-state index in [1.165, 1.54) is 19.3 Å². The predicted molar refractivity (Wildman–Crippen MR) is 88.5 cm³/mol. The lowest BCUT2D eigenvalue weighted by molar-refractivity contribution is -0.00679. The molecule has 0 aromatic carbocycles. The van der Waals surface area contributed by atoms with E-state index in [-0.39, 0.29) is 0 Å². The zero-order chi connectivity index (χ0) is 15.2. The maximum atomic E-state index is 5.75. The van der Waals surface area contributed by atoms with Gasteiger partial charge in [-0.25, -0.2) is 0 Å². The molecule has 0 radical (unpaired) electrons. The molecule has 0 spiro atoms. The van der Waals surface area contributed by atoms with Gasteiger partial charge in [-0.3, -0.25) is 0 Å². The molecule has 4 nitrogen and oxygen atoms in total. The molecule has 1 fully saturated rings. The van der Waals surface area contributed by atoms with Crippen molar-refractivity contribution in [2.24, 2.45) is 0 Å². The normalized spacial score (nSPS) is 15.2. The minimum atomic E-state index is 0.581. The molecule has 20 heavy (non-hydrogen) atoms. The van der Waals surface area contributed by atoms with Crippen LogP contribution in [0.25, 0.3) is 0 Å². The summed E-state index contributed by atoms with van der Waals surface area (Å²) in [7, 11) is 4.11. The summed E-state index contributed by atoms with van der Waals surface area (Å²) in [4.78, 5) is 4.57. The fraction of sp³-hybridized carbons (Fsp3) is 1.00. The fourth-order valence-corrected chi connectivity index (χ4v) is 1.73. The first-order chi connectivity index (χ1) is 9.63. The number of nitrogens with one attached hydrogen (secondary N) is 1. The first-order valence-corrected chi connectivity index (χ1v) is 8.33. The van der Waals surface area contributed by atoms with Crippen molar-refractivity contribution < 1.29 is 4.74 Å². The molecule has 0 unspecified atom stereocenters. The maximum absolute atomic E-state index is 5.75. The van der Waals surface area contributed by atoms with Crippen molar-refractivity contribution in [1.82, 2.24) is 15.1 Å². The van der Waals surface area contributed by atoms with Crippen LogP contribution in [-0.2, 0) is 4.74 Å². The van der Waals surface area contributed by atoms with Crippen molar-refractivity contribution in [2.75, 3.05) is 60.0 Å². The highest BCUT2D eigenvalue weighted by Gasteiger charge is 2.17. The van der Waals surface area contributed by atoms with E-state index in [9.17, 15) is 0 Å². The Hall–Kier alpha value is -0.160. The molecular weight excluding hydrogens is 250 g/mol. The molecule has 0 heterocycles. The molecule has 1 aliphatic carbocycles. The van der Waals surface area contributed by atoms with Crippen molar-refractivity contribution in [3.63, 3.8) is 0 Å². The van der Waals surface area contributed by atoms with Crippen LogP contribution >= 0.6 is 0 Å². The SMILES string of the molecule is CCN(C)C.CCNCCN(CC)CCOC1CCC1. The number of hydrogen-bond acceptors (Lipinski definition) is 4. The molecule has 0 saturated heterocycles. The summed E-state index contributed by atoms with van der Waals surface area (Å²) >= 11 is 0. The summed E-state index contributed by atoms with van der Waals surface area (Å²) in [6, 6.07) is 0. The highest BCUT2D eigenvalue weighted by Crippen LogP contribution is 2.21. The van der Waals surface area contributed by atoms with E-state index in [1.54, 1.807) is 0 Å². The molecule has 1 aliphatic rings. The predicted octanol–water partition coefficient (Wildman–Crippen LogP) is 2.05. The molecule has 4 heteroatoms. The Balaban J connectivity index is 0.000000621. The Kier molecular flexibility index (Phi) is 13.7. The minimum Gasteiger partial charge on any atom is -0.377 e. The zero-order valence-corrected chi connectivity index (χ0v) is 14.5. The second kappa shape index (κ2) is 13.8. The third-order valence-electron chi connectivity index (χ3n) is 3.75. The van der Waals surface area contributed by atoms with Gasteiger partial charge in [-0.15, -0.1) is 0 Å². The standard InChI is InChI=1S/C12H26N2O.C4H11N/c1-3-13-8-9-14(4-2)10-11-15-12-6-5-7-12;1-4-5(2)3/h12-13H,3-11H2,1-2H3;4H2,1-3H3. The topological polar surface area (TPSA) is 27.7 Å². The molecule has 1 rings (SSSR count). The van der Waals surface area contributed by atoms with E-state index < -0.39 is 0 Å². The lowest BCUT2D eigenvalue weighted by Crippen LogP contribution is -2.35. The summed E-state index contributed by atoms with van der Waals surface area (Å²) in [5, 5.41) is 3.35. The molecule has 0 aliphatic heterocycles. The summed E-state index contributed by atoms with van der Waals surface area (Å²) in [5.74, 6) is 0. The van der Waals surface area contributed by atoms with E-state index in [0.29, 0.717) is 6.10 Å². The number of ether oxygens (including phenoxy) is 1.